The van der Waals surface area contributed by atoms with Crippen LogP contribution in [0.2, 0.25) is 0 Å². The smallest absolute Gasteiger partial charge is 0.175 e. The van der Waals surface area contributed by atoms with Crippen molar-refractivity contribution in [2.24, 2.45) is 0 Å². The second-order valence-corrected chi connectivity index (χ2v) is 8.68. The average Bonchev–Trinajstić information content (AvgIpc) is 2.85. The Hall–Kier alpha value is -0.690. The molecule has 114 valence electrons. The number of benzene rings is 1. The maximum absolute atomic E-state index is 11.5. The third-order valence-electron chi connectivity index (χ3n) is 3.15. The van der Waals surface area contributed by atoms with Crippen molar-refractivity contribution in [1.29, 1.82) is 0 Å². The van der Waals surface area contributed by atoms with Crippen LogP contribution >= 0.6 is 27.3 Å². The van der Waals surface area contributed by atoms with Crippen LogP contribution in [0.5, 0.6) is 0 Å². The molecule has 0 spiro atoms. The Morgan fingerprint density at radius 3 is 2.38 bits per heavy atom. The Kier molecular flexibility index (Phi) is 5.60. The zero-order chi connectivity index (χ0) is 15.5. The van der Waals surface area contributed by atoms with Gasteiger partial charge in [-0.25, -0.2) is 8.42 Å². The van der Waals surface area contributed by atoms with Gasteiger partial charge in [0.25, 0.3) is 0 Å². The Bertz CT molecular complexity index is 693. The van der Waals surface area contributed by atoms with E-state index in [4.69, 9.17) is 0 Å². The molecule has 21 heavy (non-hydrogen) atoms. The highest BCUT2D eigenvalue weighted by Gasteiger charge is 2.18. The minimum atomic E-state index is -3.15. The molecule has 0 aliphatic heterocycles. The number of hydrogen-bond acceptors (Lipinski definition) is 4. The summed E-state index contributed by atoms with van der Waals surface area (Å²) in [4.78, 5) is 1.56. The maximum atomic E-state index is 11.5. The van der Waals surface area contributed by atoms with Crippen molar-refractivity contribution >= 4 is 37.1 Å². The molecule has 0 aliphatic rings. The Labute approximate surface area is 138 Å². The van der Waals surface area contributed by atoms with E-state index in [1.165, 1.54) is 11.1 Å². The molecule has 1 aromatic carbocycles. The maximum Gasteiger partial charge on any atom is 0.175 e. The van der Waals surface area contributed by atoms with Crippen molar-refractivity contribution < 1.29 is 8.42 Å². The molecule has 1 heterocycles. The second-order valence-electron chi connectivity index (χ2n) is 4.86. The summed E-state index contributed by atoms with van der Waals surface area (Å²) in [6, 6.07) is 9.23. The molecule has 1 atom stereocenters. The molecule has 2 aromatic rings. The highest BCUT2D eigenvalue weighted by atomic mass is 79.9. The lowest BCUT2D eigenvalue weighted by Gasteiger charge is -2.19. The summed E-state index contributed by atoms with van der Waals surface area (Å²) in [6.07, 6.45) is 2.27. The van der Waals surface area contributed by atoms with Crippen LogP contribution < -0.4 is 5.32 Å². The third-order valence-corrected chi connectivity index (χ3v) is 6.21. The molecule has 0 saturated carbocycles. The summed E-state index contributed by atoms with van der Waals surface area (Å²) in [5.41, 5.74) is 1.07. The highest BCUT2D eigenvalue weighted by Crippen LogP contribution is 2.33. The van der Waals surface area contributed by atoms with E-state index >= 15 is 0 Å². The predicted octanol–water partition coefficient (Wildman–Crippen LogP) is 4.00. The van der Waals surface area contributed by atoms with Crippen molar-refractivity contribution in [3.63, 3.8) is 0 Å². The summed E-state index contributed by atoms with van der Waals surface area (Å²) in [5.74, 6) is 0. The van der Waals surface area contributed by atoms with Gasteiger partial charge in [-0.3, -0.25) is 0 Å². The van der Waals surface area contributed by atoms with Crippen molar-refractivity contribution in [3.05, 3.63) is 50.6 Å². The Balaban J connectivity index is 2.35. The topological polar surface area (TPSA) is 46.2 Å². The van der Waals surface area contributed by atoms with Crippen LogP contribution in [-0.2, 0) is 9.84 Å². The lowest BCUT2D eigenvalue weighted by Crippen LogP contribution is -2.22. The molecule has 0 fully saturated rings. The van der Waals surface area contributed by atoms with Gasteiger partial charge in [0, 0.05) is 15.6 Å². The van der Waals surface area contributed by atoms with Crippen molar-refractivity contribution in [2.45, 2.75) is 24.3 Å². The largest absolute Gasteiger partial charge is 0.306 e. The molecular weight excluding hydrogens is 370 g/mol. The summed E-state index contributed by atoms with van der Waals surface area (Å²) < 4.78 is 24.2. The van der Waals surface area contributed by atoms with Gasteiger partial charge >= 0.3 is 0 Å². The van der Waals surface area contributed by atoms with Crippen LogP contribution in [0.1, 0.15) is 29.8 Å². The Morgan fingerprint density at radius 2 is 1.90 bits per heavy atom. The fourth-order valence-corrected chi connectivity index (χ4v) is 4.40. The van der Waals surface area contributed by atoms with Crippen molar-refractivity contribution in [3.8, 4) is 0 Å². The number of halogens is 1. The lowest BCUT2D eigenvalue weighted by molar-refractivity contribution is 0.599. The zero-order valence-corrected chi connectivity index (χ0v) is 15.2. The zero-order valence-electron chi connectivity index (χ0n) is 12.0. The monoisotopic (exact) mass is 387 g/mol. The first-order chi connectivity index (χ1) is 9.93. The highest BCUT2D eigenvalue weighted by molar-refractivity contribution is 9.10. The first-order valence-corrected chi connectivity index (χ1v) is 10.3. The third kappa shape index (κ3) is 4.16. The first kappa shape index (κ1) is 16.7. The number of sulfone groups is 1. The van der Waals surface area contributed by atoms with Gasteiger partial charge in [0.15, 0.2) is 9.84 Å². The lowest BCUT2D eigenvalue weighted by atomic mass is 10.1. The number of rotatable bonds is 6. The SMILES string of the molecule is CCCNC(c1ccc(S(C)(=O)=O)cc1)c1sccc1Br. The van der Waals surface area contributed by atoms with E-state index in [2.05, 4.69) is 28.2 Å². The molecule has 0 saturated heterocycles. The van der Waals surface area contributed by atoms with Crippen molar-refractivity contribution in [1.82, 2.24) is 5.32 Å². The molecule has 6 heteroatoms. The van der Waals surface area contributed by atoms with Gasteiger partial charge in [0.05, 0.1) is 10.9 Å². The fourth-order valence-electron chi connectivity index (χ4n) is 2.07. The van der Waals surface area contributed by atoms with Gasteiger partial charge in [-0.15, -0.1) is 11.3 Å². The average molecular weight is 388 g/mol. The molecule has 0 radical (unpaired) electrons. The van der Waals surface area contributed by atoms with Gasteiger partial charge in [-0.05, 0) is 58.0 Å². The van der Waals surface area contributed by atoms with E-state index in [1.807, 2.05) is 23.6 Å². The summed E-state index contributed by atoms with van der Waals surface area (Å²) in [7, 11) is -3.15. The predicted molar refractivity (Wildman–Crippen MR) is 91.7 cm³/mol. The minimum Gasteiger partial charge on any atom is -0.306 e. The van der Waals surface area contributed by atoms with E-state index in [0.29, 0.717) is 4.90 Å². The number of hydrogen-bond donors (Lipinski definition) is 1. The van der Waals surface area contributed by atoms with E-state index in [-0.39, 0.29) is 6.04 Å². The number of thiophene rings is 1. The van der Waals surface area contributed by atoms with Crippen LogP contribution in [0.3, 0.4) is 0 Å². The molecule has 2 rings (SSSR count). The molecule has 1 N–H and O–H groups in total. The summed E-state index contributed by atoms with van der Waals surface area (Å²) in [6.45, 7) is 3.03. The second kappa shape index (κ2) is 7.05. The molecular formula is C15H18BrNO2S2. The molecule has 0 amide bonds. The molecule has 1 aromatic heterocycles. The first-order valence-electron chi connectivity index (χ1n) is 6.69. The van der Waals surface area contributed by atoms with Crippen LogP contribution in [0.15, 0.2) is 45.1 Å². The summed E-state index contributed by atoms with van der Waals surface area (Å²) >= 11 is 5.26. The van der Waals surface area contributed by atoms with Crippen LogP contribution in [0.25, 0.3) is 0 Å². The standard InChI is InChI=1S/C15H18BrNO2S2/c1-3-9-17-14(15-13(16)8-10-20-15)11-4-6-12(7-5-11)21(2,18)19/h4-8,10,14,17H,3,9H2,1-2H3. The molecule has 1 unspecified atom stereocenters. The fraction of sp³-hybridized carbons (Fsp3) is 0.333. The van der Waals surface area contributed by atoms with E-state index in [1.54, 1.807) is 23.5 Å². The van der Waals surface area contributed by atoms with Crippen molar-refractivity contribution in [2.75, 3.05) is 12.8 Å². The molecule has 0 aliphatic carbocycles. The van der Waals surface area contributed by atoms with Gasteiger partial charge in [-0.1, -0.05) is 19.1 Å². The molecule has 3 nitrogen and oxygen atoms in total. The minimum absolute atomic E-state index is 0.0768. The van der Waals surface area contributed by atoms with Gasteiger partial charge < -0.3 is 5.32 Å². The van der Waals surface area contributed by atoms with Gasteiger partial charge in [-0.2, -0.15) is 0 Å². The van der Waals surface area contributed by atoms with E-state index in [0.717, 1.165) is 23.0 Å². The van der Waals surface area contributed by atoms with Gasteiger partial charge in [0.2, 0.25) is 0 Å². The van der Waals surface area contributed by atoms with Crippen LogP contribution in [0, 0.1) is 0 Å². The quantitative estimate of drug-likeness (QED) is 0.814. The van der Waals surface area contributed by atoms with Gasteiger partial charge in [0.1, 0.15) is 0 Å². The molecule has 0 bridgehead atoms. The van der Waals surface area contributed by atoms with E-state index < -0.39 is 9.84 Å². The normalized spacial score (nSPS) is 13.3. The summed E-state index contributed by atoms with van der Waals surface area (Å²) in [5, 5.41) is 5.56. The van der Waals surface area contributed by atoms with Crippen LogP contribution in [-0.4, -0.2) is 21.2 Å². The van der Waals surface area contributed by atoms with E-state index in [9.17, 15) is 8.42 Å². The number of nitrogens with one attached hydrogen (secondary N) is 1. The Morgan fingerprint density at radius 1 is 1.24 bits per heavy atom. The van der Waals surface area contributed by atoms with Crippen LogP contribution in [0.4, 0.5) is 0 Å².